The minimum Gasteiger partial charge on any atom is -0.343 e. The minimum atomic E-state index is 0.247. The summed E-state index contributed by atoms with van der Waals surface area (Å²) >= 11 is 0. The van der Waals surface area contributed by atoms with Gasteiger partial charge in [-0.2, -0.15) is 0 Å². The summed E-state index contributed by atoms with van der Waals surface area (Å²) in [7, 11) is 0. The summed E-state index contributed by atoms with van der Waals surface area (Å²) in [5.74, 6) is 2.70. The van der Waals surface area contributed by atoms with Crippen molar-refractivity contribution in [2.75, 3.05) is 13.1 Å². The number of aryl methyl sites for hydroxylation is 1. The van der Waals surface area contributed by atoms with Crippen molar-refractivity contribution in [3.05, 3.63) is 72.2 Å². The third-order valence-corrected chi connectivity index (χ3v) is 5.81. The Hall–Kier alpha value is -3.02. The number of aromatic nitrogens is 4. The Labute approximate surface area is 178 Å². The standard InChI is InChI=1S/C24H29N5O/c1-18(2)24-26-12-15-29(24)22-17-25-16-21(27-22)20-10-13-28(14-11-20)23(30)9-8-19-6-4-3-5-7-19/h3-7,12,15-18,20H,8-11,13-14H2,1-2H3. The maximum atomic E-state index is 12.6. The van der Waals surface area contributed by atoms with Gasteiger partial charge in [-0.1, -0.05) is 44.2 Å². The summed E-state index contributed by atoms with van der Waals surface area (Å²) < 4.78 is 2.02. The van der Waals surface area contributed by atoms with E-state index in [1.807, 2.05) is 46.3 Å². The van der Waals surface area contributed by atoms with Crippen LogP contribution in [-0.4, -0.2) is 43.4 Å². The molecule has 3 heterocycles. The van der Waals surface area contributed by atoms with Crippen molar-refractivity contribution < 1.29 is 4.79 Å². The molecule has 156 valence electrons. The molecule has 1 amide bonds. The zero-order chi connectivity index (χ0) is 20.9. The van der Waals surface area contributed by atoms with E-state index in [1.165, 1.54) is 5.56 Å². The maximum absolute atomic E-state index is 12.6. The van der Waals surface area contributed by atoms with Gasteiger partial charge in [-0.05, 0) is 24.8 Å². The fourth-order valence-corrected chi connectivity index (χ4v) is 4.10. The molecule has 0 radical (unpaired) electrons. The predicted molar refractivity (Wildman–Crippen MR) is 117 cm³/mol. The first kappa shape index (κ1) is 20.3. The van der Waals surface area contributed by atoms with Crippen LogP contribution in [0.25, 0.3) is 5.82 Å². The van der Waals surface area contributed by atoms with Crippen LogP contribution in [0.4, 0.5) is 0 Å². The monoisotopic (exact) mass is 403 g/mol. The molecular formula is C24H29N5O. The van der Waals surface area contributed by atoms with Gasteiger partial charge in [0.2, 0.25) is 5.91 Å². The number of benzene rings is 1. The second kappa shape index (κ2) is 9.20. The second-order valence-electron chi connectivity index (χ2n) is 8.25. The molecule has 1 saturated heterocycles. The minimum absolute atomic E-state index is 0.247. The van der Waals surface area contributed by atoms with E-state index in [4.69, 9.17) is 4.98 Å². The highest BCUT2D eigenvalue weighted by atomic mass is 16.2. The number of nitrogens with zero attached hydrogens (tertiary/aromatic N) is 5. The summed E-state index contributed by atoms with van der Waals surface area (Å²) in [6, 6.07) is 10.2. The van der Waals surface area contributed by atoms with Crippen LogP contribution in [0.15, 0.2) is 55.1 Å². The average Bonchev–Trinajstić information content (AvgIpc) is 3.29. The molecule has 1 aliphatic heterocycles. The Morgan fingerprint density at radius 3 is 2.63 bits per heavy atom. The number of rotatable bonds is 6. The molecule has 0 saturated carbocycles. The number of imidazole rings is 1. The Morgan fingerprint density at radius 2 is 1.90 bits per heavy atom. The van der Waals surface area contributed by atoms with E-state index >= 15 is 0 Å². The van der Waals surface area contributed by atoms with Gasteiger partial charge in [0.25, 0.3) is 0 Å². The quantitative estimate of drug-likeness (QED) is 0.621. The molecule has 0 unspecified atom stereocenters. The van der Waals surface area contributed by atoms with E-state index in [0.717, 1.165) is 49.7 Å². The summed E-state index contributed by atoms with van der Waals surface area (Å²) in [5, 5.41) is 0. The lowest BCUT2D eigenvalue weighted by Gasteiger charge is -2.32. The maximum Gasteiger partial charge on any atom is 0.222 e. The highest BCUT2D eigenvalue weighted by Crippen LogP contribution is 2.27. The van der Waals surface area contributed by atoms with E-state index < -0.39 is 0 Å². The number of likely N-dealkylation sites (tertiary alicyclic amines) is 1. The van der Waals surface area contributed by atoms with Crippen LogP contribution in [0.2, 0.25) is 0 Å². The van der Waals surface area contributed by atoms with Crippen LogP contribution >= 0.6 is 0 Å². The van der Waals surface area contributed by atoms with Gasteiger partial charge in [-0.15, -0.1) is 0 Å². The number of amides is 1. The Bertz CT molecular complexity index is 974. The first-order valence-electron chi connectivity index (χ1n) is 10.8. The van der Waals surface area contributed by atoms with Gasteiger partial charge in [-0.3, -0.25) is 14.3 Å². The highest BCUT2D eigenvalue weighted by Gasteiger charge is 2.25. The topological polar surface area (TPSA) is 63.9 Å². The van der Waals surface area contributed by atoms with Crippen molar-refractivity contribution >= 4 is 5.91 Å². The summed E-state index contributed by atoms with van der Waals surface area (Å²) in [5.41, 5.74) is 2.22. The molecule has 0 bridgehead atoms. The largest absolute Gasteiger partial charge is 0.343 e. The van der Waals surface area contributed by atoms with Crippen LogP contribution in [0.1, 0.15) is 62.0 Å². The van der Waals surface area contributed by atoms with Gasteiger partial charge < -0.3 is 4.90 Å². The van der Waals surface area contributed by atoms with Crippen molar-refractivity contribution in [2.24, 2.45) is 0 Å². The smallest absolute Gasteiger partial charge is 0.222 e. The lowest BCUT2D eigenvalue weighted by molar-refractivity contribution is -0.132. The van der Waals surface area contributed by atoms with Gasteiger partial charge in [0.15, 0.2) is 5.82 Å². The second-order valence-corrected chi connectivity index (χ2v) is 8.25. The number of hydrogen-bond donors (Lipinski definition) is 0. The molecule has 0 spiro atoms. The van der Waals surface area contributed by atoms with Crippen molar-refractivity contribution in [3.8, 4) is 5.82 Å². The Kier molecular flexibility index (Phi) is 6.21. The normalized spacial score (nSPS) is 15.0. The summed E-state index contributed by atoms with van der Waals surface area (Å²) in [6.45, 7) is 5.82. The Balaban J connectivity index is 1.36. The van der Waals surface area contributed by atoms with Gasteiger partial charge in [0, 0.05) is 49.9 Å². The van der Waals surface area contributed by atoms with Crippen LogP contribution < -0.4 is 0 Å². The van der Waals surface area contributed by atoms with E-state index in [0.29, 0.717) is 18.3 Å². The SMILES string of the molecule is CC(C)c1nccn1-c1cncc(C2CCN(C(=O)CCc3ccccc3)CC2)n1. The average molecular weight is 404 g/mol. The number of carbonyl (C=O) groups is 1. The molecular weight excluding hydrogens is 374 g/mol. The van der Waals surface area contributed by atoms with Crippen molar-refractivity contribution in [1.82, 2.24) is 24.4 Å². The Morgan fingerprint density at radius 1 is 1.13 bits per heavy atom. The molecule has 4 rings (SSSR count). The van der Waals surface area contributed by atoms with Crippen molar-refractivity contribution in [1.29, 1.82) is 0 Å². The van der Waals surface area contributed by atoms with Crippen LogP contribution in [0.3, 0.4) is 0 Å². The van der Waals surface area contributed by atoms with Crippen molar-refractivity contribution in [3.63, 3.8) is 0 Å². The third-order valence-electron chi connectivity index (χ3n) is 5.81. The number of piperidine rings is 1. The van der Waals surface area contributed by atoms with Gasteiger partial charge in [0.1, 0.15) is 5.82 Å². The van der Waals surface area contributed by atoms with Crippen LogP contribution in [0, 0.1) is 0 Å². The molecule has 0 N–H and O–H groups in total. The van der Waals surface area contributed by atoms with Crippen molar-refractivity contribution in [2.45, 2.75) is 51.4 Å². The molecule has 0 atom stereocenters. The van der Waals surface area contributed by atoms with Gasteiger partial charge in [0.05, 0.1) is 11.9 Å². The van der Waals surface area contributed by atoms with Gasteiger partial charge >= 0.3 is 0 Å². The molecule has 6 heteroatoms. The first-order valence-corrected chi connectivity index (χ1v) is 10.8. The highest BCUT2D eigenvalue weighted by molar-refractivity contribution is 5.76. The van der Waals surface area contributed by atoms with Crippen LogP contribution in [-0.2, 0) is 11.2 Å². The third kappa shape index (κ3) is 4.58. The van der Waals surface area contributed by atoms with E-state index in [9.17, 15) is 4.79 Å². The fraction of sp³-hybridized carbons (Fsp3) is 0.417. The molecule has 1 aliphatic rings. The molecule has 1 fully saturated rings. The van der Waals surface area contributed by atoms with E-state index in [-0.39, 0.29) is 5.91 Å². The zero-order valence-electron chi connectivity index (χ0n) is 17.7. The molecule has 1 aromatic carbocycles. The van der Waals surface area contributed by atoms with E-state index in [1.54, 1.807) is 6.20 Å². The zero-order valence-corrected chi connectivity index (χ0v) is 17.7. The number of carbonyl (C=O) groups excluding carboxylic acids is 1. The predicted octanol–water partition coefficient (Wildman–Crippen LogP) is 4.12. The first-order chi connectivity index (χ1) is 14.6. The number of hydrogen-bond acceptors (Lipinski definition) is 4. The lowest BCUT2D eigenvalue weighted by atomic mass is 9.93. The van der Waals surface area contributed by atoms with E-state index in [2.05, 4.69) is 35.9 Å². The molecule has 6 nitrogen and oxygen atoms in total. The summed E-state index contributed by atoms with van der Waals surface area (Å²) in [4.78, 5) is 28.4. The van der Waals surface area contributed by atoms with Gasteiger partial charge in [-0.25, -0.2) is 9.97 Å². The lowest BCUT2D eigenvalue weighted by Crippen LogP contribution is -2.38. The molecule has 3 aromatic rings. The molecule has 0 aliphatic carbocycles. The molecule has 30 heavy (non-hydrogen) atoms. The van der Waals surface area contributed by atoms with Crippen LogP contribution in [0.5, 0.6) is 0 Å². The summed E-state index contributed by atoms with van der Waals surface area (Å²) in [6.07, 6.45) is 10.6. The molecule has 2 aromatic heterocycles. The fourth-order valence-electron chi connectivity index (χ4n) is 4.10.